The molecule has 2 bridgehead atoms. The molecular weight excluding hydrogens is 480 g/mol. The Morgan fingerprint density at radius 1 is 1.03 bits per heavy atom. The van der Waals surface area contributed by atoms with Crippen LogP contribution in [0.4, 0.5) is 5.95 Å². The number of ether oxygens (including phenoxy) is 1. The monoisotopic (exact) mass is 508 g/mol. The SMILES string of the molecule is COc1ccc(Cc2n[nH]c(NC(=O)C3(C)CC4(C(=O)CO)c5ccccc5C3c3ccccc34)n2)cc1. The number of nitrogens with zero attached hydrogens (tertiary/aromatic N) is 2. The number of amides is 1. The number of ketones is 1. The number of H-pyrrole nitrogens is 1. The summed E-state index contributed by atoms with van der Waals surface area (Å²) in [5.74, 6) is 0.746. The molecule has 8 heteroatoms. The molecule has 192 valence electrons. The summed E-state index contributed by atoms with van der Waals surface area (Å²) < 4.78 is 5.21. The molecule has 1 heterocycles. The highest BCUT2D eigenvalue weighted by atomic mass is 16.5. The van der Waals surface area contributed by atoms with Gasteiger partial charge in [-0.1, -0.05) is 60.7 Å². The van der Waals surface area contributed by atoms with Gasteiger partial charge in [-0.3, -0.25) is 14.9 Å². The number of anilines is 1. The van der Waals surface area contributed by atoms with Crippen molar-refractivity contribution in [3.8, 4) is 5.75 Å². The van der Waals surface area contributed by atoms with E-state index in [4.69, 9.17) is 4.74 Å². The zero-order valence-corrected chi connectivity index (χ0v) is 21.2. The summed E-state index contributed by atoms with van der Waals surface area (Å²) in [6.45, 7) is 1.29. The Hall–Kier alpha value is -4.30. The van der Waals surface area contributed by atoms with Crippen LogP contribution < -0.4 is 10.1 Å². The van der Waals surface area contributed by atoms with Crippen molar-refractivity contribution in [3.05, 3.63) is 106 Å². The molecule has 0 fully saturated rings. The van der Waals surface area contributed by atoms with Gasteiger partial charge in [0.1, 0.15) is 12.4 Å². The first-order valence-corrected chi connectivity index (χ1v) is 12.6. The van der Waals surface area contributed by atoms with E-state index in [0.717, 1.165) is 33.6 Å². The average molecular weight is 509 g/mol. The maximum Gasteiger partial charge on any atom is 0.233 e. The van der Waals surface area contributed by atoms with E-state index in [9.17, 15) is 14.7 Å². The summed E-state index contributed by atoms with van der Waals surface area (Å²) in [5, 5.41) is 20.1. The van der Waals surface area contributed by atoms with Crippen LogP contribution in [0.15, 0.2) is 72.8 Å². The van der Waals surface area contributed by atoms with Crippen molar-refractivity contribution < 1.29 is 19.4 Å². The zero-order valence-electron chi connectivity index (χ0n) is 21.2. The van der Waals surface area contributed by atoms with E-state index >= 15 is 0 Å². The Balaban J connectivity index is 1.34. The second kappa shape index (κ2) is 8.92. The van der Waals surface area contributed by atoms with E-state index in [1.807, 2.05) is 79.7 Å². The largest absolute Gasteiger partial charge is 0.497 e. The molecule has 0 saturated heterocycles. The van der Waals surface area contributed by atoms with E-state index in [2.05, 4.69) is 20.5 Å². The normalized spacial score (nSPS) is 22.9. The van der Waals surface area contributed by atoms with E-state index in [1.165, 1.54) is 0 Å². The molecule has 3 aliphatic carbocycles. The Bertz CT molecular complexity index is 1500. The van der Waals surface area contributed by atoms with Gasteiger partial charge >= 0.3 is 0 Å². The number of aromatic nitrogens is 3. The van der Waals surface area contributed by atoms with Crippen LogP contribution in [0.5, 0.6) is 5.75 Å². The van der Waals surface area contributed by atoms with E-state index in [0.29, 0.717) is 12.2 Å². The molecule has 3 aromatic carbocycles. The van der Waals surface area contributed by atoms with Crippen molar-refractivity contribution in [2.75, 3.05) is 19.0 Å². The molecule has 0 saturated carbocycles. The lowest BCUT2D eigenvalue weighted by Crippen LogP contribution is -2.57. The van der Waals surface area contributed by atoms with Crippen LogP contribution in [-0.4, -0.2) is 45.7 Å². The Kier molecular flexibility index (Phi) is 5.65. The molecule has 8 nitrogen and oxygen atoms in total. The molecule has 7 rings (SSSR count). The maximum absolute atomic E-state index is 14.0. The molecule has 0 aliphatic heterocycles. The summed E-state index contributed by atoms with van der Waals surface area (Å²) in [6, 6.07) is 23.2. The topological polar surface area (TPSA) is 117 Å². The molecule has 1 aromatic heterocycles. The fourth-order valence-electron chi connectivity index (χ4n) is 6.47. The molecular formula is C30H28N4O4. The molecule has 3 aliphatic rings. The fraction of sp³-hybridized carbons (Fsp3) is 0.267. The molecule has 4 aromatic rings. The van der Waals surface area contributed by atoms with Gasteiger partial charge in [0.15, 0.2) is 11.6 Å². The third-order valence-corrected chi connectivity index (χ3v) is 8.16. The molecule has 3 N–H and O–H groups in total. The first-order valence-electron chi connectivity index (χ1n) is 12.6. The van der Waals surface area contributed by atoms with Crippen LogP contribution in [0.25, 0.3) is 0 Å². The number of aromatic amines is 1. The second-order valence-electron chi connectivity index (χ2n) is 10.3. The fourth-order valence-corrected chi connectivity index (χ4v) is 6.47. The smallest absolute Gasteiger partial charge is 0.233 e. The molecule has 1 unspecified atom stereocenters. The van der Waals surface area contributed by atoms with Gasteiger partial charge in [0.25, 0.3) is 0 Å². The molecule has 0 radical (unpaired) electrons. The van der Waals surface area contributed by atoms with Crippen LogP contribution in [0, 0.1) is 5.41 Å². The van der Waals surface area contributed by atoms with Gasteiger partial charge < -0.3 is 9.84 Å². The number of methoxy groups -OCH3 is 1. The van der Waals surface area contributed by atoms with Gasteiger partial charge in [0, 0.05) is 12.3 Å². The summed E-state index contributed by atoms with van der Waals surface area (Å²) in [4.78, 5) is 32.0. The van der Waals surface area contributed by atoms with Gasteiger partial charge in [0.05, 0.1) is 17.9 Å². The van der Waals surface area contributed by atoms with Crippen molar-refractivity contribution in [2.24, 2.45) is 5.41 Å². The van der Waals surface area contributed by atoms with Crippen molar-refractivity contribution >= 4 is 17.6 Å². The summed E-state index contributed by atoms with van der Waals surface area (Å²) >= 11 is 0. The summed E-state index contributed by atoms with van der Waals surface area (Å²) in [6.07, 6.45) is 0.738. The average Bonchev–Trinajstić information content (AvgIpc) is 3.39. The molecule has 0 spiro atoms. The minimum atomic E-state index is -1.11. The second-order valence-corrected chi connectivity index (χ2v) is 10.3. The number of nitrogens with one attached hydrogen (secondary N) is 2. The molecule has 1 amide bonds. The number of hydrogen-bond donors (Lipinski definition) is 3. The van der Waals surface area contributed by atoms with Gasteiger partial charge in [-0.25, -0.2) is 5.10 Å². The van der Waals surface area contributed by atoms with E-state index < -0.39 is 17.4 Å². The van der Waals surface area contributed by atoms with Gasteiger partial charge in [-0.2, -0.15) is 10.1 Å². The van der Waals surface area contributed by atoms with Gasteiger partial charge in [0.2, 0.25) is 11.9 Å². The highest BCUT2D eigenvalue weighted by Gasteiger charge is 2.62. The third kappa shape index (κ3) is 3.48. The third-order valence-electron chi connectivity index (χ3n) is 8.16. The number of benzene rings is 3. The number of carbonyl (C=O) groups excluding carboxylic acids is 2. The van der Waals surface area contributed by atoms with E-state index in [1.54, 1.807) is 7.11 Å². The van der Waals surface area contributed by atoms with Crippen molar-refractivity contribution in [2.45, 2.75) is 31.1 Å². The maximum atomic E-state index is 14.0. The molecule has 38 heavy (non-hydrogen) atoms. The lowest BCUT2D eigenvalue weighted by atomic mass is 9.45. The minimum absolute atomic E-state index is 0.247. The van der Waals surface area contributed by atoms with Crippen molar-refractivity contribution in [3.63, 3.8) is 0 Å². The van der Waals surface area contributed by atoms with Crippen LogP contribution in [-0.2, 0) is 21.4 Å². The predicted octanol–water partition coefficient (Wildman–Crippen LogP) is 3.75. The summed E-state index contributed by atoms with van der Waals surface area (Å²) in [7, 11) is 1.62. The number of hydrogen-bond acceptors (Lipinski definition) is 6. The number of Topliss-reactive ketones (excluding diaryl/α,β-unsaturated/α-hetero) is 1. The minimum Gasteiger partial charge on any atom is -0.497 e. The van der Waals surface area contributed by atoms with E-state index in [-0.39, 0.29) is 30.0 Å². The first kappa shape index (κ1) is 24.1. The predicted molar refractivity (Wildman–Crippen MR) is 141 cm³/mol. The quantitative estimate of drug-likeness (QED) is 0.350. The lowest BCUT2D eigenvalue weighted by Gasteiger charge is -2.56. The van der Waals surface area contributed by atoms with Crippen molar-refractivity contribution in [1.29, 1.82) is 0 Å². The Morgan fingerprint density at radius 2 is 1.66 bits per heavy atom. The standard InChI is InChI=1S/C30H28N4O4/c1-29(27(37)32-28-31-25(33-34-28)15-18-11-13-19(38-2)14-12-18)17-30(24(36)16-35)22-9-5-3-7-20(22)26(29)21-8-4-6-10-23(21)30/h3-14,26,35H,15-17H2,1-2H3,(H2,31,32,33,34,37). The Morgan fingerprint density at radius 3 is 2.26 bits per heavy atom. The summed E-state index contributed by atoms with van der Waals surface area (Å²) in [5.41, 5.74) is 2.55. The lowest BCUT2D eigenvalue weighted by molar-refractivity contribution is -0.133. The van der Waals surface area contributed by atoms with Gasteiger partial charge in [-0.05, 0) is 53.3 Å². The van der Waals surface area contributed by atoms with Crippen molar-refractivity contribution in [1.82, 2.24) is 15.2 Å². The molecule has 1 atom stereocenters. The van der Waals surface area contributed by atoms with Crippen LogP contribution >= 0.6 is 0 Å². The number of carbonyl (C=O) groups is 2. The van der Waals surface area contributed by atoms with Crippen LogP contribution in [0.3, 0.4) is 0 Å². The van der Waals surface area contributed by atoms with Gasteiger partial charge in [-0.15, -0.1) is 0 Å². The van der Waals surface area contributed by atoms with Crippen LogP contribution in [0.2, 0.25) is 0 Å². The Labute approximate surface area is 220 Å². The number of fused-ring (bicyclic) bond motifs is 1. The number of rotatable bonds is 7. The zero-order chi connectivity index (χ0) is 26.5. The highest BCUT2D eigenvalue weighted by Crippen LogP contribution is 2.64. The number of aliphatic hydroxyl groups is 1. The number of aliphatic hydroxyl groups excluding tert-OH is 1. The highest BCUT2D eigenvalue weighted by molar-refractivity contribution is 6.02. The first-order chi connectivity index (χ1) is 18.4. The van der Waals surface area contributed by atoms with Crippen LogP contribution in [0.1, 0.15) is 52.9 Å².